The van der Waals surface area contributed by atoms with Gasteiger partial charge in [0.15, 0.2) is 0 Å². The fourth-order valence-corrected chi connectivity index (χ4v) is 2.57. The molecule has 4 heteroatoms. The van der Waals surface area contributed by atoms with Crippen molar-refractivity contribution in [3.05, 3.63) is 65.7 Å². The van der Waals surface area contributed by atoms with Gasteiger partial charge in [0, 0.05) is 26.3 Å². The first-order chi connectivity index (χ1) is 10.4. The Morgan fingerprint density at radius 2 is 1.52 bits per heavy atom. The van der Waals surface area contributed by atoms with E-state index in [1.807, 2.05) is 12.1 Å². The predicted octanol–water partition coefficient (Wildman–Crippen LogP) is 1.61. The Kier molecular flexibility index (Phi) is 5.06. The van der Waals surface area contributed by atoms with Crippen molar-refractivity contribution in [2.24, 2.45) is 0 Å². The van der Waals surface area contributed by atoms with Crippen LogP contribution < -0.4 is 10.8 Å². The van der Waals surface area contributed by atoms with Gasteiger partial charge >= 0.3 is 7.12 Å². The van der Waals surface area contributed by atoms with Crippen LogP contribution in [-0.2, 0) is 15.7 Å². The van der Waals surface area contributed by atoms with Crippen molar-refractivity contribution >= 4 is 12.6 Å². The van der Waals surface area contributed by atoms with Crippen LogP contribution in [0.15, 0.2) is 54.6 Å². The first kappa shape index (κ1) is 14.3. The molecule has 0 unspecified atom stereocenters. The van der Waals surface area contributed by atoms with Crippen LogP contribution >= 0.6 is 0 Å². The second kappa shape index (κ2) is 7.41. The monoisotopic (exact) mass is 281 g/mol. The van der Waals surface area contributed by atoms with E-state index in [4.69, 9.17) is 9.31 Å². The van der Waals surface area contributed by atoms with Gasteiger partial charge in [-0.15, -0.1) is 0 Å². The second-order valence-electron chi connectivity index (χ2n) is 5.18. The maximum atomic E-state index is 5.86. The molecular formula is C17H20BNO2. The number of nitrogens with one attached hydrogen (secondary N) is 1. The van der Waals surface area contributed by atoms with Gasteiger partial charge in [0.1, 0.15) is 0 Å². The van der Waals surface area contributed by atoms with E-state index in [0.29, 0.717) is 13.2 Å². The third-order valence-corrected chi connectivity index (χ3v) is 3.64. The summed E-state index contributed by atoms with van der Waals surface area (Å²) in [5.41, 5.74) is 3.71. The Hall–Kier alpha value is -1.62. The van der Waals surface area contributed by atoms with Crippen LogP contribution in [0.25, 0.3) is 0 Å². The van der Waals surface area contributed by atoms with Gasteiger partial charge in [-0.1, -0.05) is 54.6 Å². The lowest BCUT2D eigenvalue weighted by Crippen LogP contribution is -2.44. The highest BCUT2D eigenvalue weighted by Gasteiger charge is 2.24. The predicted molar refractivity (Wildman–Crippen MR) is 85.9 cm³/mol. The summed E-state index contributed by atoms with van der Waals surface area (Å²) in [6.07, 6.45) is 0.901. The van der Waals surface area contributed by atoms with Crippen LogP contribution in [0, 0.1) is 0 Å². The zero-order valence-electron chi connectivity index (χ0n) is 12.1. The molecule has 2 aromatic carbocycles. The quantitative estimate of drug-likeness (QED) is 0.867. The van der Waals surface area contributed by atoms with Crippen LogP contribution in [0.2, 0.25) is 0 Å². The van der Waals surface area contributed by atoms with Gasteiger partial charge in [-0.25, -0.2) is 0 Å². The number of benzene rings is 2. The van der Waals surface area contributed by atoms with E-state index >= 15 is 0 Å². The fourth-order valence-electron chi connectivity index (χ4n) is 2.57. The molecule has 0 atom stereocenters. The average Bonchev–Trinajstić information content (AvgIpc) is 2.49. The minimum absolute atomic E-state index is 0.257. The highest BCUT2D eigenvalue weighted by atomic mass is 16.6. The summed E-state index contributed by atoms with van der Waals surface area (Å²) < 4.78 is 11.7. The highest BCUT2D eigenvalue weighted by Crippen LogP contribution is 2.09. The molecule has 1 aliphatic rings. The first-order valence-corrected chi connectivity index (χ1v) is 7.49. The van der Waals surface area contributed by atoms with E-state index in [-0.39, 0.29) is 7.12 Å². The minimum atomic E-state index is -0.257. The van der Waals surface area contributed by atoms with Crippen molar-refractivity contribution < 1.29 is 9.31 Å². The maximum absolute atomic E-state index is 5.86. The lowest BCUT2D eigenvalue weighted by Gasteiger charge is -2.21. The summed E-state index contributed by atoms with van der Waals surface area (Å²) in [6.45, 7) is 3.09. The van der Waals surface area contributed by atoms with Gasteiger partial charge in [0.25, 0.3) is 0 Å². The molecule has 0 bridgehead atoms. The Balaban J connectivity index is 1.81. The van der Waals surface area contributed by atoms with Crippen molar-refractivity contribution in [2.75, 3.05) is 26.3 Å². The van der Waals surface area contributed by atoms with Gasteiger partial charge in [0.05, 0.1) is 0 Å². The first-order valence-electron chi connectivity index (χ1n) is 7.49. The molecule has 0 spiro atoms. The highest BCUT2D eigenvalue weighted by molar-refractivity contribution is 6.61. The molecule has 108 valence electrons. The smallest absolute Gasteiger partial charge is 0.406 e. The molecule has 0 radical (unpaired) electrons. The standard InChI is InChI=1S/C17H20BNO2/c1-2-6-15(7-3-1)14-16-8-4-5-9-17(16)18-20-12-10-19-11-13-21-18/h1-9,19H,10-14H2. The summed E-state index contributed by atoms with van der Waals surface area (Å²) >= 11 is 0. The molecule has 2 aromatic rings. The number of hydrogen-bond acceptors (Lipinski definition) is 3. The number of rotatable bonds is 3. The van der Waals surface area contributed by atoms with Crippen LogP contribution in [0.5, 0.6) is 0 Å². The van der Waals surface area contributed by atoms with Gasteiger partial charge in [-0.2, -0.15) is 0 Å². The fraction of sp³-hybridized carbons (Fsp3) is 0.294. The average molecular weight is 281 g/mol. The molecule has 1 aliphatic heterocycles. The Morgan fingerprint density at radius 1 is 0.857 bits per heavy atom. The van der Waals surface area contributed by atoms with Gasteiger partial charge in [-0.3, -0.25) is 0 Å². The molecule has 0 saturated carbocycles. The lowest BCUT2D eigenvalue weighted by atomic mass is 9.74. The number of hydrogen-bond donors (Lipinski definition) is 1. The van der Waals surface area contributed by atoms with Crippen molar-refractivity contribution in [2.45, 2.75) is 6.42 Å². The normalized spacial score (nSPS) is 16.3. The molecule has 3 nitrogen and oxygen atoms in total. The molecule has 0 aliphatic carbocycles. The Bertz CT molecular complexity index is 554. The Morgan fingerprint density at radius 3 is 2.29 bits per heavy atom. The summed E-state index contributed by atoms with van der Waals surface area (Å²) in [6, 6.07) is 18.9. The summed E-state index contributed by atoms with van der Waals surface area (Å²) in [7, 11) is -0.257. The summed E-state index contributed by atoms with van der Waals surface area (Å²) in [5, 5.41) is 3.26. The minimum Gasteiger partial charge on any atom is -0.406 e. The summed E-state index contributed by atoms with van der Waals surface area (Å²) in [4.78, 5) is 0. The molecule has 0 amide bonds. The van der Waals surface area contributed by atoms with E-state index in [1.165, 1.54) is 11.1 Å². The largest absolute Gasteiger partial charge is 0.494 e. The molecule has 1 heterocycles. The van der Waals surface area contributed by atoms with Gasteiger partial charge in [-0.05, 0) is 23.0 Å². The molecule has 3 rings (SSSR count). The molecule has 1 N–H and O–H groups in total. The van der Waals surface area contributed by atoms with E-state index in [9.17, 15) is 0 Å². The lowest BCUT2D eigenvalue weighted by molar-refractivity contribution is 0.187. The van der Waals surface area contributed by atoms with Gasteiger partial charge < -0.3 is 14.6 Å². The van der Waals surface area contributed by atoms with Crippen LogP contribution in [0.4, 0.5) is 0 Å². The van der Waals surface area contributed by atoms with E-state index in [2.05, 4.69) is 47.8 Å². The zero-order chi connectivity index (χ0) is 14.3. The molecular weight excluding hydrogens is 261 g/mol. The molecule has 1 saturated heterocycles. The van der Waals surface area contributed by atoms with Crippen LogP contribution in [-0.4, -0.2) is 33.4 Å². The van der Waals surface area contributed by atoms with E-state index in [1.54, 1.807) is 0 Å². The third-order valence-electron chi connectivity index (χ3n) is 3.64. The Labute approximate surface area is 126 Å². The van der Waals surface area contributed by atoms with E-state index < -0.39 is 0 Å². The SMILES string of the molecule is c1ccc(Cc2ccccc2B2OCCNCCO2)cc1. The van der Waals surface area contributed by atoms with Crippen molar-refractivity contribution in [3.63, 3.8) is 0 Å². The van der Waals surface area contributed by atoms with Gasteiger partial charge in [0.2, 0.25) is 0 Å². The topological polar surface area (TPSA) is 30.5 Å². The third kappa shape index (κ3) is 3.94. The summed E-state index contributed by atoms with van der Waals surface area (Å²) in [5.74, 6) is 0. The second-order valence-corrected chi connectivity index (χ2v) is 5.18. The van der Waals surface area contributed by atoms with Crippen LogP contribution in [0.3, 0.4) is 0 Å². The van der Waals surface area contributed by atoms with Crippen molar-refractivity contribution in [1.82, 2.24) is 5.32 Å². The zero-order valence-corrected chi connectivity index (χ0v) is 12.1. The van der Waals surface area contributed by atoms with Crippen LogP contribution in [0.1, 0.15) is 11.1 Å². The van der Waals surface area contributed by atoms with Crippen molar-refractivity contribution in [3.8, 4) is 0 Å². The molecule has 0 aromatic heterocycles. The van der Waals surface area contributed by atoms with Crippen molar-refractivity contribution in [1.29, 1.82) is 0 Å². The molecule has 1 fully saturated rings. The van der Waals surface area contributed by atoms with E-state index in [0.717, 1.165) is 25.0 Å². The maximum Gasteiger partial charge on any atom is 0.494 e. The molecule has 21 heavy (non-hydrogen) atoms.